The van der Waals surface area contributed by atoms with Gasteiger partial charge in [0.15, 0.2) is 0 Å². The maximum atomic E-state index is 12.9. The van der Waals surface area contributed by atoms with Gasteiger partial charge in [0.05, 0.1) is 0 Å². The summed E-state index contributed by atoms with van der Waals surface area (Å²) in [5.74, 6) is 1.18. The predicted octanol–water partition coefficient (Wildman–Crippen LogP) is 3.03. The Morgan fingerprint density at radius 3 is 2.52 bits per heavy atom. The van der Waals surface area contributed by atoms with Crippen molar-refractivity contribution in [3.05, 3.63) is 59.9 Å². The van der Waals surface area contributed by atoms with Gasteiger partial charge in [-0.1, -0.05) is 17.7 Å². The van der Waals surface area contributed by atoms with E-state index in [4.69, 9.17) is 9.47 Å². The van der Waals surface area contributed by atoms with Crippen molar-refractivity contribution in [3.8, 4) is 11.5 Å². The summed E-state index contributed by atoms with van der Waals surface area (Å²) in [6.07, 6.45) is 0.407. The first kappa shape index (κ1) is 17.7. The molecule has 0 radical (unpaired) electrons. The molecule has 2 aromatic carbocycles. The molecule has 1 aliphatic rings. The Morgan fingerprint density at radius 1 is 1.12 bits per heavy atom. The molecule has 134 valence electrons. The minimum Gasteiger partial charge on any atom is -0.491 e. The van der Waals surface area contributed by atoms with Crippen LogP contribution in [0.3, 0.4) is 0 Å². The fraction of sp³-hybridized carbons (Fsp3) is 0.400. The first-order valence-electron chi connectivity index (χ1n) is 8.60. The summed E-state index contributed by atoms with van der Waals surface area (Å²) in [5.41, 5.74) is 1.18. The molecule has 4 nitrogen and oxygen atoms in total. The first-order valence-corrected chi connectivity index (χ1v) is 8.60. The topological polar surface area (TPSA) is 41.9 Å². The molecule has 1 saturated heterocycles. The van der Waals surface area contributed by atoms with Crippen LogP contribution in [0.2, 0.25) is 0 Å². The standard InChI is InChI=1S/C20H24FNO3/c1-15-2-6-18(7-3-15)24-14-17(23)12-22-11-10-20(13-22)25-19-8-4-16(21)5-9-19/h2-9,17,20,23H,10-14H2,1H3. The lowest BCUT2D eigenvalue weighted by Gasteiger charge is -2.20. The van der Waals surface area contributed by atoms with Crippen LogP contribution >= 0.6 is 0 Å². The zero-order valence-electron chi connectivity index (χ0n) is 14.4. The van der Waals surface area contributed by atoms with Crippen molar-refractivity contribution in [1.82, 2.24) is 4.90 Å². The highest BCUT2D eigenvalue weighted by molar-refractivity contribution is 5.26. The van der Waals surface area contributed by atoms with Crippen LogP contribution in [0.4, 0.5) is 4.39 Å². The lowest BCUT2D eigenvalue weighted by Crippen LogP contribution is -2.35. The molecule has 1 fully saturated rings. The maximum absolute atomic E-state index is 12.9. The van der Waals surface area contributed by atoms with Crippen LogP contribution in [0.15, 0.2) is 48.5 Å². The van der Waals surface area contributed by atoms with Crippen LogP contribution in [0.25, 0.3) is 0 Å². The zero-order valence-corrected chi connectivity index (χ0v) is 14.4. The number of ether oxygens (including phenoxy) is 2. The largest absolute Gasteiger partial charge is 0.491 e. The van der Waals surface area contributed by atoms with Crippen molar-refractivity contribution in [2.45, 2.75) is 25.6 Å². The number of hydrogen-bond acceptors (Lipinski definition) is 4. The summed E-state index contributed by atoms with van der Waals surface area (Å²) < 4.78 is 24.4. The van der Waals surface area contributed by atoms with Crippen molar-refractivity contribution in [2.24, 2.45) is 0 Å². The third-order valence-electron chi connectivity index (χ3n) is 4.28. The molecule has 25 heavy (non-hydrogen) atoms. The quantitative estimate of drug-likeness (QED) is 0.838. The maximum Gasteiger partial charge on any atom is 0.123 e. The molecule has 2 aromatic rings. The first-order chi connectivity index (χ1) is 12.1. The fourth-order valence-electron chi connectivity index (χ4n) is 2.94. The molecule has 2 atom stereocenters. The van der Waals surface area contributed by atoms with E-state index in [0.29, 0.717) is 12.3 Å². The molecule has 0 aliphatic carbocycles. The highest BCUT2D eigenvalue weighted by atomic mass is 19.1. The van der Waals surface area contributed by atoms with Crippen LogP contribution in [0.5, 0.6) is 11.5 Å². The molecule has 1 N–H and O–H groups in total. The third kappa shape index (κ3) is 5.44. The van der Waals surface area contributed by atoms with Gasteiger partial charge in [0.1, 0.15) is 36.1 Å². The number of halogens is 1. The summed E-state index contributed by atoms with van der Waals surface area (Å²) in [7, 11) is 0. The molecule has 0 saturated carbocycles. The van der Waals surface area contributed by atoms with Crippen molar-refractivity contribution in [1.29, 1.82) is 0 Å². The van der Waals surface area contributed by atoms with Crippen molar-refractivity contribution in [3.63, 3.8) is 0 Å². The molecular formula is C20H24FNO3. The normalized spacial score (nSPS) is 18.9. The molecule has 0 amide bonds. The van der Waals surface area contributed by atoms with Crippen LogP contribution in [0.1, 0.15) is 12.0 Å². The number of β-amino-alcohol motifs (C(OH)–C–C–N with tert-alkyl or cyclic N) is 1. The summed E-state index contributed by atoms with van der Waals surface area (Å²) >= 11 is 0. The molecule has 0 spiro atoms. The Bertz CT molecular complexity index is 660. The number of aliphatic hydroxyl groups is 1. The second-order valence-electron chi connectivity index (χ2n) is 6.52. The summed E-state index contributed by atoms with van der Waals surface area (Å²) in [4.78, 5) is 2.16. The summed E-state index contributed by atoms with van der Waals surface area (Å²) in [6.45, 7) is 4.46. The molecule has 5 heteroatoms. The van der Waals surface area contributed by atoms with E-state index in [1.165, 1.54) is 17.7 Å². The fourth-order valence-corrected chi connectivity index (χ4v) is 2.94. The van der Waals surface area contributed by atoms with Gasteiger partial charge in [0, 0.05) is 19.6 Å². The Kier molecular flexibility index (Phi) is 5.89. The Balaban J connectivity index is 1.39. The molecule has 2 unspecified atom stereocenters. The number of hydrogen-bond donors (Lipinski definition) is 1. The van der Waals surface area contributed by atoms with Gasteiger partial charge in [-0.2, -0.15) is 0 Å². The number of benzene rings is 2. The molecule has 1 aliphatic heterocycles. The lowest BCUT2D eigenvalue weighted by molar-refractivity contribution is 0.0720. The van der Waals surface area contributed by atoms with Crippen molar-refractivity contribution >= 4 is 0 Å². The molecule has 1 heterocycles. The Morgan fingerprint density at radius 2 is 1.80 bits per heavy atom. The molecule has 0 aromatic heterocycles. The van der Waals surface area contributed by atoms with Crippen molar-refractivity contribution < 1.29 is 19.0 Å². The van der Waals surface area contributed by atoms with E-state index in [2.05, 4.69) is 4.90 Å². The highest BCUT2D eigenvalue weighted by Gasteiger charge is 2.25. The highest BCUT2D eigenvalue weighted by Crippen LogP contribution is 2.19. The van der Waals surface area contributed by atoms with Crippen molar-refractivity contribution in [2.75, 3.05) is 26.2 Å². The van der Waals surface area contributed by atoms with Crippen LogP contribution < -0.4 is 9.47 Å². The zero-order chi connectivity index (χ0) is 17.6. The third-order valence-corrected chi connectivity index (χ3v) is 4.28. The number of aryl methyl sites for hydroxylation is 1. The molecule has 3 rings (SSSR count). The lowest BCUT2D eigenvalue weighted by atomic mass is 10.2. The Labute approximate surface area is 147 Å². The van der Waals surface area contributed by atoms with Crippen LogP contribution in [-0.4, -0.2) is 48.5 Å². The van der Waals surface area contributed by atoms with Gasteiger partial charge in [-0.25, -0.2) is 4.39 Å². The Hall–Kier alpha value is -2.11. The van der Waals surface area contributed by atoms with Gasteiger partial charge in [0.25, 0.3) is 0 Å². The second-order valence-corrected chi connectivity index (χ2v) is 6.52. The van der Waals surface area contributed by atoms with E-state index in [9.17, 15) is 9.50 Å². The number of rotatable bonds is 7. The van der Waals surface area contributed by atoms with Gasteiger partial charge in [-0.15, -0.1) is 0 Å². The predicted molar refractivity (Wildman–Crippen MR) is 94.6 cm³/mol. The van der Waals surface area contributed by atoms with Gasteiger partial charge in [0.2, 0.25) is 0 Å². The minimum atomic E-state index is -0.550. The smallest absolute Gasteiger partial charge is 0.123 e. The summed E-state index contributed by atoms with van der Waals surface area (Å²) in [5, 5.41) is 10.2. The average Bonchev–Trinajstić information content (AvgIpc) is 3.03. The average molecular weight is 345 g/mol. The van der Waals surface area contributed by atoms with E-state index < -0.39 is 6.10 Å². The van der Waals surface area contributed by atoms with Crippen LogP contribution in [0, 0.1) is 12.7 Å². The monoisotopic (exact) mass is 345 g/mol. The van der Waals surface area contributed by atoms with Gasteiger partial charge >= 0.3 is 0 Å². The van der Waals surface area contributed by atoms with Crippen LogP contribution in [-0.2, 0) is 0 Å². The van der Waals surface area contributed by atoms with E-state index in [1.807, 2.05) is 31.2 Å². The minimum absolute atomic E-state index is 0.0654. The van der Waals surface area contributed by atoms with E-state index in [0.717, 1.165) is 25.3 Å². The SMILES string of the molecule is Cc1ccc(OCC(O)CN2CCC(Oc3ccc(F)cc3)C2)cc1. The van der Waals surface area contributed by atoms with E-state index >= 15 is 0 Å². The number of likely N-dealkylation sites (tertiary alicyclic amines) is 1. The van der Waals surface area contributed by atoms with Gasteiger partial charge < -0.3 is 14.6 Å². The molecular weight excluding hydrogens is 321 g/mol. The number of nitrogens with zero attached hydrogens (tertiary/aromatic N) is 1. The van der Waals surface area contributed by atoms with Gasteiger partial charge in [-0.3, -0.25) is 4.90 Å². The summed E-state index contributed by atoms with van der Waals surface area (Å²) in [6, 6.07) is 13.9. The van der Waals surface area contributed by atoms with E-state index in [-0.39, 0.29) is 18.5 Å². The second kappa shape index (κ2) is 8.32. The number of aliphatic hydroxyl groups excluding tert-OH is 1. The molecule has 0 bridgehead atoms. The van der Waals surface area contributed by atoms with Gasteiger partial charge in [-0.05, 0) is 49.7 Å². The van der Waals surface area contributed by atoms with E-state index in [1.54, 1.807) is 12.1 Å².